The Morgan fingerprint density at radius 1 is 1.36 bits per heavy atom. The Kier molecular flexibility index (Phi) is 5.59. The number of ether oxygens (including phenoxy) is 1. The fraction of sp³-hybridized carbons (Fsp3) is 0.611. The van der Waals surface area contributed by atoms with Crippen LogP contribution in [0, 0.1) is 12.3 Å². The maximum Gasteiger partial charge on any atom is 0.313 e. The van der Waals surface area contributed by atoms with Crippen molar-refractivity contribution in [2.75, 3.05) is 13.7 Å². The average molecular weight is 305 g/mol. The summed E-state index contributed by atoms with van der Waals surface area (Å²) in [6, 6.07) is 7.94. The number of methoxy groups -OCH3 is 1. The van der Waals surface area contributed by atoms with Crippen molar-refractivity contribution < 1.29 is 14.6 Å². The van der Waals surface area contributed by atoms with Crippen LogP contribution in [0.15, 0.2) is 24.3 Å². The third-order valence-corrected chi connectivity index (χ3v) is 4.93. The zero-order chi connectivity index (χ0) is 16.2. The largest absolute Gasteiger partial charge is 0.469 e. The summed E-state index contributed by atoms with van der Waals surface area (Å²) in [6.45, 7) is 4.54. The van der Waals surface area contributed by atoms with Gasteiger partial charge in [0.15, 0.2) is 0 Å². The van der Waals surface area contributed by atoms with Crippen LogP contribution in [-0.2, 0) is 9.53 Å². The van der Waals surface area contributed by atoms with Gasteiger partial charge in [-0.2, -0.15) is 0 Å². The molecular weight excluding hydrogens is 278 g/mol. The van der Waals surface area contributed by atoms with Crippen LogP contribution < -0.4 is 5.32 Å². The number of rotatable bonds is 7. The van der Waals surface area contributed by atoms with Crippen molar-refractivity contribution >= 4 is 5.97 Å². The Morgan fingerprint density at radius 3 is 2.45 bits per heavy atom. The standard InChI is InChI=1S/C18H27NO3/c1-4-16(18(10-5-11-18)17(21)22-3)19-12-15(20)14-8-6-13(2)7-9-14/h6-9,15-16,19-20H,4-5,10-12H2,1-3H3/t15-,16+/m1/s1. The van der Waals surface area contributed by atoms with Gasteiger partial charge in [0.25, 0.3) is 0 Å². The lowest BCUT2D eigenvalue weighted by molar-refractivity contribution is -0.161. The van der Waals surface area contributed by atoms with E-state index >= 15 is 0 Å². The predicted molar refractivity (Wildman–Crippen MR) is 86.5 cm³/mol. The Morgan fingerprint density at radius 2 is 2.00 bits per heavy atom. The Balaban J connectivity index is 1.98. The van der Waals surface area contributed by atoms with Gasteiger partial charge in [0, 0.05) is 12.6 Å². The third kappa shape index (κ3) is 3.33. The quantitative estimate of drug-likeness (QED) is 0.761. The van der Waals surface area contributed by atoms with Gasteiger partial charge in [-0.05, 0) is 31.7 Å². The molecule has 1 saturated carbocycles. The molecule has 2 atom stereocenters. The summed E-state index contributed by atoms with van der Waals surface area (Å²) >= 11 is 0. The van der Waals surface area contributed by atoms with Gasteiger partial charge in [0.1, 0.15) is 0 Å². The smallest absolute Gasteiger partial charge is 0.313 e. The number of carbonyl (C=O) groups is 1. The van der Waals surface area contributed by atoms with Crippen LogP contribution in [0.3, 0.4) is 0 Å². The minimum Gasteiger partial charge on any atom is -0.469 e. The molecule has 1 fully saturated rings. The molecule has 0 amide bonds. The predicted octanol–water partition coefficient (Wildman–Crippen LogP) is 2.74. The molecule has 0 spiro atoms. The summed E-state index contributed by atoms with van der Waals surface area (Å²) in [7, 11) is 1.45. The highest BCUT2D eigenvalue weighted by molar-refractivity contribution is 5.78. The lowest BCUT2D eigenvalue weighted by Crippen LogP contribution is -2.55. The van der Waals surface area contributed by atoms with Crippen molar-refractivity contribution in [3.8, 4) is 0 Å². The maximum atomic E-state index is 12.1. The van der Waals surface area contributed by atoms with E-state index in [2.05, 4.69) is 12.2 Å². The van der Waals surface area contributed by atoms with Crippen molar-refractivity contribution in [2.45, 2.75) is 51.7 Å². The Hall–Kier alpha value is -1.39. The van der Waals surface area contributed by atoms with Crippen molar-refractivity contribution in [1.82, 2.24) is 5.32 Å². The fourth-order valence-electron chi connectivity index (χ4n) is 3.35. The van der Waals surface area contributed by atoms with Gasteiger partial charge < -0.3 is 15.2 Å². The summed E-state index contributed by atoms with van der Waals surface area (Å²) in [6.07, 6.45) is 3.07. The SMILES string of the molecule is CC[C@H](NC[C@@H](O)c1ccc(C)cc1)C1(C(=O)OC)CCC1. The summed E-state index contributed by atoms with van der Waals surface area (Å²) in [5.74, 6) is -0.122. The monoisotopic (exact) mass is 305 g/mol. The molecule has 1 aliphatic rings. The lowest BCUT2D eigenvalue weighted by Gasteiger charge is -2.45. The summed E-state index contributed by atoms with van der Waals surface area (Å²) in [5, 5.41) is 13.7. The highest BCUT2D eigenvalue weighted by Crippen LogP contribution is 2.46. The third-order valence-electron chi connectivity index (χ3n) is 4.93. The van der Waals surface area contributed by atoms with E-state index in [1.165, 1.54) is 12.7 Å². The molecule has 122 valence electrons. The molecule has 2 N–H and O–H groups in total. The van der Waals surface area contributed by atoms with Crippen LogP contribution in [0.25, 0.3) is 0 Å². The molecule has 0 radical (unpaired) electrons. The highest BCUT2D eigenvalue weighted by Gasteiger charge is 2.50. The van der Waals surface area contributed by atoms with E-state index in [0.717, 1.165) is 31.2 Å². The molecular formula is C18H27NO3. The number of hydrogen-bond donors (Lipinski definition) is 2. The number of hydrogen-bond acceptors (Lipinski definition) is 4. The first kappa shape index (κ1) is 17.0. The molecule has 0 heterocycles. The maximum absolute atomic E-state index is 12.1. The molecule has 0 aliphatic heterocycles. The zero-order valence-electron chi connectivity index (χ0n) is 13.8. The van der Waals surface area contributed by atoms with Crippen LogP contribution in [0.1, 0.15) is 49.8 Å². The van der Waals surface area contributed by atoms with Crippen molar-refractivity contribution in [3.63, 3.8) is 0 Å². The van der Waals surface area contributed by atoms with Crippen LogP contribution >= 0.6 is 0 Å². The van der Waals surface area contributed by atoms with E-state index < -0.39 is 11.5 Å². The molecule has 0 aromatic heterocycles. The van der Waals surface area contributed by atoms with Gasteiger partial charge >= 0.3 is 5.97 Å². The number of carbonyl (C=O) groups excluding carboxylic acids is 1. The molecule has 4 nitrogen and oxygen atoms in total. The van der Waals surface area contributed by atoms with E-state index in [1.807, 2.05) is 31.2 Å². The number of esters is 1. The van der Waals surface area contributed by atoms with Crippen molar-refractivity contribution in [1.29, 1.82) is 0 Å². The topological polar surface area (TPSA) is 58.6 Å². The van der Waals surface area contributed by atoms with Crippen LogP contribution in [-0.4, -0.2) is 30.8 Å². The van der Waals surface area contributed by atoms with Crippen molar-refractivity contribution in [2.24, 2.45) is 5.41 Å². The first-order valence-corrected chi connectivity index (χ1v) is 8.10. The van der Waals surface area contributed by atoms with E-state index in [-0.39, 0.29) is 12.0 Å². The number of nitrogens with one attached hydrogen (secondary N) is 1. The van der Waals surface area contributed by atoms with Gasteiger partial charge in [0.2, 0.25) is 0 Å². The van der Waals surface area contributed by atoms with Crippen LogP contribution in [0.5, 0.6) is 0 Å². The number of aliphatic hydroxyl groups is 1. The fourth-order valence-corrected chi connectivity index (χ4v) is 3.35. The number of aryl methyl sites for hydroxylation is 1. The minimum absolute atomic E-state index is 0.0498. The first-order valence-electron chi connectivity index (χ1n) is 8.10. The second kappa shape index (κ2) is 7.25. The summed E-state index contributed by atoms with van der Waals surface area (Å²) < 4.78 is 5.00. The highest BCUT2D eigenvalue weighted by atomic mass is 16.5. The summed E-state index contributed by atoms with van der Waals surface area (Å²) in [4.78, 5) is 12.1. The van der Waals surface area contributed by atoms with Crippen molar-refractivity contribution in [3.05, 3.63) is 35.4 Å². The lowest BCUT2D eigenvalue weighted by atomic mass is 9.63. The zero-order valence-corrected chi connectivity index (χ0v) is 13.8. The minimum atomic E-state index is -0.565. The molecule has 0 bridgehead atoms. The normalized spacial score (nSPS) is 19.1. The van der Waals surface area contributed by atoms with E-state index in [4.69, 9.17) is 4.74 Å². The molecule has 1 aliphatic carbocycles. The van der Waals surface area contributed by atoms with E-state index in [0.29, 0.717) is 6.54 Å². The summed E-state index contributed by atoms with van der Waals surface area (Å²) in [5.41, 5.74) is 1.67. The van der Waals surface area contributed by atoms with E-state index in [1.54, 1.807) is 0 Å². The second-order valence-corrected chi connectivity index (χ2v) is 6.30. The number of aliphatic hydroxyl groups excluding tert-OH is 1. The van der Waals surface area contributed by atoms with Gasteiger partial charge in [-0.3, -0.25) is 4.79 Å². The molecule has 0 unspecified atom stereocenters. The van der Waals surface area contributed by atoms with Gasteiger partial charge in [0.05, 0.1) is 18.6 Å². The van der Waals surface area contributed by atoms with Gasteiger partial charge in [-0.15, -0.1) is 0 Å². The molecule has 4 heteroatoms. The average Bonchev–Trinajstić information content (AvgIpc) is 2.49. The van der Waals surface area contributed by atoms with Gasteiger partial charge in [-0.25, -0.2) is 0 Å². The number of benzene rings is 1. The molecule has 1 aromatic carbocycles. The van der Waals surface area contributed by atoms with E-state index in [9.17, 15) is 9.90 Å². The Bertz CT molecular complexity index is 494. The molecule has 22 heavy (non-hydrogen) atoms. The van der Waals surface area contributed by atoms with Crippen LogP contribution in [0.2, 0.25) is 0 Å². The first-order chi connectivity index (χ1) is 10.5. The van der Waals surface area contributed by atoms with Crippen LogP contribution in [0.4, 0.5) is 0 Å². The Labute approximate surface area is 132 Å². The second-order valence-electron chi connectivity index (χ2n) is 6.30. The molecule has 1 aromatic rings. The molecule has 0 saturated heterocycles. The molecule has 2 rings (SSSR count). The van der Waals surface area contributed by atoms with Gasteiger partial charge in [-0.1, -0.05) is 43.2 Å².